The third kappa shape index (κ3) is 7.44. The van der Waals surface area contributed by atoms with E-state index >= 15 is 0 Å². The molecule has 0 spiro atoms. The Balaban J connectivity index is 0.988. The van der Waals surface area contributed by atoms with Crippen LogP contribution in [0.15, 0.2) is 85.1 Å². The molecule has 59 heavy (non-hydrogen) atoms. The lowest BCUT2D eigenvalue weighted by Gasteiger charge is -2.27. The molecule has 0 unspecified atom stereocenters. The van der Waals surface area contributed by atoms with Gasteiger partial charge in [0.1, 0.15) is 23.4 Å². The number of nitrogens with two attached hydrogens (primary N) is 1. The van der Waals surface area contributed by atoms with E-state index < -0.39 is 45.9 Å². The van der Waals surface area contributed by atoms with Gasteiger partial charge in [0.05, 0.1) is 44.4 Å². The Morgan fingerprint density at radius 3 is 2.20 bits per heavy atom. The number of benzene rings is 3. The summed E-state index contributed by atoms with van der Waals surface area (Å²) in [6.45, 7) is 5.37. The smallest absolute Gasteiger partial charge is 0.408 e. The van der Waals surface area contributed by atoms with Crippen LogP contribution in [0.1, 0.15) is 79.5 Å². The van der Waals surface area contributed by atoms with Crippen molar-refractivity contribution in [1.29, 1.82) is 0 Å². The zero-order chi connectivity index (χ0) is 41.9. The number of alkyl carbamates (subject to hydrolysis) is 1. The number of amides is 4. The van der Waals surface area contributed by atoms with Gasteiger partial charge in [-0.3, -0.25) is 19.0 Å². The summed E-state index contributed by atoms with van der Waals surface area (Å²) in [5.41, 5.74) is 4.99. The molecule has 5 aromatic rings. The molecule has 2 aromatic heterocycles. The van der Waals surface area contributed by atoms with Crippen LogP contribution in [0.25, 0.3) is 0 Å². The molecule has 2 fully saturated rings. The van der Waals surface area contributed by atoms with Gasteiger partial charge in [0.2, 0.25) is 11.9 Å². The van der Waals surface area contributed by atoms with Crippen LogP contribution in [0.4, 0.5) is 26.5 Å². The Hall–Kier alpha value is -6.06. The first-order valence-corrected chi connectivity index (χ1v) is 19.7. The lowest BCUT2D eigenvalue weighted by Crippen LogP contribution is -2.52. The summed E-state index contributed by atoms with van der Waals surface area (Å²) in [5.74, 6) is -2.20. The average Bonchev–Trinajstić information content (AvgIpc) is 4.12. The highest BCUT2D eigenvalue weighted by molar-refractivity contribution is 6.35. The van der Waals surface area contributed by atoms with Gasteiger partial charge in [-0.05, 0) is 94.0 Å². The molecule has 304 valence electrons. The maximum atomic E-state index is 14.5. The zero-order valence-corrected chi connectivity index (χ0v) is 33.8. The van der Waals surface area contributed by atoms with Gasteiger partial charge in [-0.2, -0.15) is 10.2 Å². The number of ether oxygens (including phenoxy) is 1. The highest BCUT2D eigenvalue weighted by Gasteiger charge is 2.58. The normalized spacial score (nSPS) is 18.5. The van der Waals surface area contributed by atoms with E-state index in [-0.39, 0.29) is 46.3 Å². The summed E-state index contributed by atoms with van der Waals surface area (Å²) in [7, 11) is 0. The van der Waals surface area contributed by atoms with Crippen LogP contribution in [0.3, 0.4) is 0 Å². The minimum Gasteiger partial charge on any atom is -0.445 e. The third-order valence-corrected chi connectivity index (χ3v) is 11.7. The third-order valence-electron chi connectivity index (χ3n) is 11.2. The summed E-state index contributed by atoms with van der Waals surface area (Å²) in [6.07, 6.45) is 2.85. The topological polar surface area (TPSA) is 186 Å². The molecule has 4 amide bonds. The summed E-state index contributed by atoms with van der Waals surface area (Å²) < 4.78 is 21.4. The van der Waals surface area contributed by atoms with Crippen molar-refractivity contribution in [3.63, 3.8) is 0 Å². The first-order valence-electron chi connectivity index (χ1n) is 18.9. The van der Waals surface area contributed by atoms with Gasteiger partial charge in [0, 0.05) is 12.1 Å². The van der Waals surface area contributed by atoms with E-state index in [4.69, 9.17) is 33.7 Å². The number of carbonyl (C=O) groups is 4. The Bertz CT molecular complexity index is 2470. The van der Waals surface area contributed by atoms with Gasteiger partial charge in [-0.1, -0.05) is 65.7 Å². The lowest BCUT2D eigenvalue weighted by atomic mass is 9.91. The Kier molecular flexibility index (Phi) is 9.87. The largest absolute Gasteiger partial charge is 0.445 e. The van der Waals surface area contributed by atoms with Crippen molar-refractivity contribution in [2.75, 3.05) is 10.6 Å². The molecule has 17 heteroatoms. The molecule has 3 aromatic carbocycles. The van der Waals surface area contributed by atoms with Crippen LogP contribution in [-0.2, 0) is 44.0 Å². The molecule has 1 atom stereocenters. The minimum atomic E-state index is -1.41. The fourth-order valence-electron chi connectivity index (χ4n) is 7.39. The van der Waals surface area contributed by atoms with Crippen molar-refractivity contribution in [3.05, 3.63) is 129 Å². The number of aromatic nitrogens is 4. The number of fused-ring (bicyclic) bond motifs is 1. The number of carbonyl (C=O) groups excluding carboxylic acids is 4. The number of nitrogen functional groups attached to an aromatic ring is 1. The molecule has 8 rings (SSSR count). The molecule has 2 aliphatic carbocycles. The Labute approximate surface area is 348 Å². The predicted octanol–water partition coefficient (Wildman–Crippen LogP) is 6.57. The molecule has 0 bridgehead atoms. The van der Waals surface area contributed by atoms with E-state index in [0.717, 1.165) is 11.1 Å². The van der Waals surface area contributed by atoms with Gasteiger partial charge in [0.15, 0.2) is 5.82 Å². The summed E-state index contributed by atoms with van der Waals surface area (Å²) in [6, 6.07) is 22.4. The predicted molar refractivity (Wildman–Crippen MR) is 217 cm³/mol. The molecule has 3 heterocycles. The Morgan fingerprint density at radius 1 is 0.915 bits per heavy atom. The molecule has 5 N–H and O–H groups in total. The Morgan fingerprint density at radius 2 is 1.59 bits per heavy atom. The number of nitrogens with one attached hydrogen (secondary N) is 3. The maximum Gasteiger partial charge on any atom is 0.408 e. The highest BCUT2D eigenvalue weighted by Crippen LogP contribution is 2.48. The van der Waals surface area contributed by atoms with Crippen molar-refractivity contribution in [1.82, 2.24) is 35.7 Å². The van der Waals surface area contributed by atoms with Crippen LogP contribution in [0.5, 0.6) is 0 Å². The summed E-state index contributed by atoms with van der Waals surface area (Å²) >= 11 is 12.3. The van der Waals surface area contributed by atoms with E-state index in [1.54, 1.807) is 57.2 Å². The zero-order valence-electron chi connectivity index (χ0n) is 32.3. The fourth-order valence-corrected chi connectivity index (χ4v) is 7.86. The minimum absolute atomic E-state index is 0.0370. The van der Waals surface area contributed by atoms with E-state index in [0.29, 0.717) is 42.8 Å². The van der Waals surface area contributed by atoms with E-state index in [1.165, 1.54) is 27.8 Å². The van der Waals surface area contributed by atoms with Crippen LogP contribution in [0.2, 0.25) is 10.0 Å². The van der Waals surface area contributed by atoms with Crippen LogP contribution in [0, 0.1) is 5.82 Å². The highest BCUT2D eigenvalue weighted by atomic mass is 35.5. The maximum absolute atomic E-state index is 14.5. The van der Waals surface area contributed by atoms with Gasteiger partial charge in [-0.25, -0.2) is 19.1 Å². The second kappa shape index (κ2) is 14.6. The standard InChI is InChI=1S/C42H40Cl2FN9O5/c1-39(2,50-38(58)59-23-25-7-5-4-6-8-25)31-13-14-32(52-51-31)41(15-16-41)49-35(56)42(17-18-42)48-34(55)30-22-47-37-53(27-19-28(43)33(45)29(44)20-27)36(57)40(3,54(30)37)21-24-9-11-26(46)12-10-24/h4-14,19-20,22H,15-18,21,23,46H2,1-3H3,(H,48,55)(H,49,56)(H,50,58)/t40-/m1/s1. The van der Waals surface area contributed by atoms with Crippen molar-refractivity contribution in [3.8, 4) is 0 Å². The molecule has 2 saturated carbocycles. The number of rotatable bonds is 12. The number of hydrogen-bond donors (Lipinski definition) is 4. The molecular weight excluding hydrogens is 800 g/mol. The van der Waals surface area contributed by atoms with E-state index in [9.17, 15) is 23.6 Å². The average molecular weight is 841 g/mol. The van der Waals surface area contributed by atoms with Crippen molar-refractivity contribution in [2.45, 2.75) is 81.6 Å². The van der Waals surface area contributed by atoms with E-state index in [2.05, 4.69) is 31.1 Å². The SMILES string of the molecule is CC(C)(NC(=O)OCc1ccccc1)c1ccc(C2(NC(=O)C3(NC(=O)c4cnc5n4[C@](C)(Cc4ccc(N)cc4)C(=O)N5c4cc(Cl)c(F)c(Cl)c4)CC3)CC2)nn1. The van der Waals surface area contributed by atoms with Gasteiger partial charge >= 0.3 is 6.09 Å². The van der Waals surface area contributed by atoms with Gasteiger partial charge in [-0.15, -0.1) is 0 Å². The van der Waals surface area contributed by atoms with Crippen molar-refractivity contribution >= 4 is 64.3 Å². The molecule has 1 aliphatic heterocycles. The first-order chi connectivity index (χ1) is 28.0. The number of imidazole rings is 1. The van der Waals surface area contributed by atoms with Crippen LogP contribution in [-0.4, -0.2) is 49.1 Å². The molecule has 0 radical (unpaired) electrons. The molecule has 0 saturated heterocycles. The second-order valence-corrected chi connectivity index (χ2v) is 16.8. The summed E-state index contributed by atoms with van der Waals surface area (Å²) in [4.78, 5) is 61.0. The van der Waals surface area contributed by atoms with Crippen molar-refractivity contribution < 1.29 is 28.3 Å². The fraction of sp³-hybridized carbons (Fsp3) is 0.310. The number of halogens is 3. The number of hydrogen-bond acceptors (Lipinski definition) is 9. The molecule has 14 nitrogen and oxygen atoms in total. The van der Waals surface area contributed by atoms with Gasteiger partial charge in [0.25, 0.3) is 11.8 Å². The lowest BCUT2D eigenvalue weighted by molar-refractivity contribution is -0.125. The quantitative estimate of drug-likeness (QED) is 0.0797. The second-order valence-electron chi connectivity index (χ2n) is 16.0. The number of nitrogens with zero attached hydrogens (tertiary/aromatic N) is 5. The van der Waals surface area contributed by atoms with Gasteiger partial charge < -0.3 is 26.4 Å². The molecule has 3 aliphatic rings. The van der Waals surface area contributed by atoms with Crippen molar-refractivity contribution in [2.24, 2.45) is 0 Å². The molecular formula is C42H40Cl2FN9O5. The summed E-state index contributed by atoms with van der Waals surface area (Å²) in [5, 5.41) is 17.2. The first kappa shape index (κ1) is 39.8. The van der Waals surface area contributed by atoms with E-state index in [1.807, 2.05) is 30.3 Å². The van der Waals surface area contributed by atoms with Crippen LogP contribution < -0.4 is 26.6 Å². The number of anilines is 3. The van der Waals surface area contributed by atoms with Crippen LogP contribution >= 0.6 is 23.2 Å². The monoisotopic (exact) mass is 839 g/mol.